The Morgan fingerprint density at radius 1 is 1.03 bits per heavy atom. The van der Waals surface area contributed by atoms with E-state index in [0.717, 1.165) is 0 Å². The molecule has 0 aromatic heterocycles. The van der Waals surface area contributed by atoms with Gasteiger partial charge in [0.05, 0.1) is 33.1 Å². The van der Waals surface area contributed by atoms with Gasteiger partial charge in [0.25, 0.3) is 11.4 Å². The summed E-state index contributed by atoms with van der Waals surface area (Å²) in [5.74, 6) is 0.632. The average Bonchev–Trinajstić information content (AvgIpc) is 2.82. The van der Waals surface area contributed by atoms with Crippen LogP contribution >= 0.6 is 11.6 Å². The molecular formula is C24H18ClN3O6. The fourth-order valence-electron chi connectivity index (χ4n) is 3.08. The molecule has 3 aromatic rings. The number of rotatable bonds is 9. The van der Waals surface area contributed by atoms with Crippen LogP contribution in [0, 0.1) is 31.6 Å². The van der Waals surface area contributed by atoms with E-state index in [2.05, 4.69) is 6.07 Å². The Balaban J connectivity index is 1.90. The Morgan fingerprint density at radius 2 is 1.74 bits per heavy atom. The van der Waals surface area contributed by atoms with Gasteiger partial charge in [-0.05, 0) is 54.0 Å². The van der Waals surface area contributed by atoms with Gasteiger partial charge >= 0.3 is 0 Å². The van der Waals surface area contributed by atoms with Crippen molar-refractivity contribution < 1.29 is 19.3 Å². The molecule has 0 heterocycles. The standard InChI is InChI=1S/C24H18ClN3O6/c1-2-33-23-12-17(10-19(14-26)18-4-3-5-21(13-18)28(31)32)11-22(25)24(23)34-15-16-6-8-20(9-7-16)27(29)30/h3-13H,2,15H2,1H3/b19-10-. The van der Waals surface area contributed by atoms with Crippen molar-refractivity contribution in [1.82, 2.24) is 0 Å². The fraction of sp³-hybridized carbons (Fsp3) is 0.125. The SMILES string of the molecule is CCOc1cc(/C=C(/C#N)c2cccc([N+](=O)[O-])c2)cc(Cl)c1OCc1ccc([N+](=O)[O-])cc1. The summed E-state index contributed by atoms with van der Waals surface area (Å²) >= 11 is 6.45. The first-order valence-electron chi connectivity index (χ1n) is 10.0. The lowest BCUT2D eigenvalue weighted by molar-refractivity contribution is -0.385. The minimum absolute atomic E-state index is 0.0232. The number of nitro groups is 2. The largest absolute Gasteiger partial charge is 0.490 e. The molecule has 0 radical (unpaired) electrons. The van der Waals surface area contributed by atoms with Crippen molar-refractivity contribution in [3.05, 3.63) is 103 Å². The number of nitrogens with zero attached hydrogens (tertiary/aromatic N) is 3. The monoisotopic (exact) mass is 479 g/mol. The molecule has 0 spiro atoms. The second-order valence-electron chi connectivity index (χ2n) is 6.95. The highest BCUT2D eigenvalue weighted by Crippen LogP contribution is 2.38. The summed E-state index contributed by atoms with van der Waals surface area (Å²) in [5.41, 5.74) is 1.70. The molecule has 172 valence electrons. The minimum Gasteiger partial charge on any atom is -0.490 e. The first kappa shape index (κ1) is 24.2. The molecule has 0 unspecified atom stereocenters. The van der Waals surface area contributed by atoms with E-state index in [1.807, 2.05) is 0 Å². The Bertz CT molecular complexity index is 1300. The van der Waals surface area contributed by atoms with Crippen LogP contribution in [0.25, 0.3) is 11.6 Å². The zero-order chi connectivity index (χ0) is 24.7. The van der Waals surface area contributed by atoms with Gasteiger partial charge in [-0.15, -0.1) is 0 Å². The molecule has 0 aliphatic carbocycles. The van der Waals surface area contributed by atoms with E-state index in [1.165, 1.54) is 30.3 Å². The number of nitriles is 1. The third-order valence-electron chi connectivity index (χ3n) is 4.66. The summed E-state index contributed by atoms with van der Waals surface area (Å²) in [4.78, 5) is 20.9. The van der Waals surface area contributed by atoms with E-state index < -0.39 is 9.85 Å². The third-order valence-corrected chi connectivity index (χ3v) is 4.94. The van der Waals surface area contributed by atoms with Crippen LogP contribution in [-0.4, -0.2) is 16.5 Å². The minimum atomic E-state index is -0.528. The highest BCUT2D eigenvalue weighted by atomic mass is 35.5. The van der Waals surface area contributed by atoms with Crippen molar-refractivity contribution in [2.75, 3.05) is 6.61 Å². The molecular weight excluding hydrogens is 462 g/mol. The quantitative estimate of drug-likeness (QED) is 0.154. The summed E-state index contributed by atoms with van der Waals surface area (Å²) < 4.78 is 11.5. The van der Waals surface area contributed by atoms with Crippen molar-refractivity contribution in [3.8, 4) is 17.6 Å². The van der Waals surface area contributed by atoms with Gasteiger partial charge in [-0.25, -0.2) is 0 Å². The number of hydrogen-bond donors (Lipinski definition) is 0. The topological polar surface area (TPSA) is 129 Å². The fourth-order valence-corrected chi connectivity index (χ4v) is 3.35. The first-order valence-corrected chi connectivity index (χ1v) is 10.4. The van der Waals surface area contributed by atoms with E-state index in [-0.39, 0.29) is 34.3 Å². The van der Waals surface area contributed by atoms with Gasteiger partial charge in [-0.3, -0.25) is 20.2 Å². The zero-order valence-corrected chi connectivity index (χ0v) is 18.7. The lowest BCUT2D eigenvalue weighted by Gasteiger charge is -2.15. The molecule has 0 N–H and O–H groups in total. The van der Waals surface area contributed by atoms with Crippen LogP contribution in [0.2, 0.25) is 5.02 Å². The van der Waals surface area contributed by atoms with E-state index in [0.29, 0.717) is 29.0 Å². The normalized spacial score (nSPS) is 10.9. The molecule has 3 aromatic carbocycles. The molecule has 9 nitrogen and oxygen atoms in total. The Kier molecular flexibility index (Phi) is 7.79. The number of ether oxygens (including phenoxy) is 2. The molecule has 0 aliphatic rings. The molecule has 34 heavy (non-hydrogen) atoms. The highest BCUT2D eigenvalue weighted by Gasteiger charge is 2.15. The smallest absolute Gasteiger partial charge is 0.270 e. The predicted octanol–water partition coefficient (Wildman–Crippen LogP) is 6.20. The van der Waals surface area contributed by atoms with Crippen molar-refractivity contribution in [2.24, 2.45) is 0 Å². The van der Waals surface area contributed by atoms with Gasteiger partial charge in [-0.1, -0.05) is 23.7 Å². The van der Waals surface area contributed by atoms with Crippen molar-refractivity contribution in [1.29, 1.82) is 5.26 Å². The molecule has 0 saturated carbocycles. The van der Waals surface area contributed by atoms with Crippen LogP contribution in [0.1, 0.15) is 23.6 Å². The van der Waals surface area contributed by atoms with Crippen LogP contribution in [0.3, 0.4) is 0 Å². The molecule has 3 rings (SSSR count). The number of halogens is 1. The molecule has 0 atom stereocenters. The highest BCUT2D eigenvalue weighted by molar-refractivity contribution is 6.32. The number of non-ortho nitro benzene ring substituents is 2. The lowest BCUT2D eigenvalue weighted by atomic mass is 10.0. The Labute approximate surface area is 199 Å². The van der Waals surface area contributed by atoms with Crippen LogP contribution in [-0.2, 0) is 6.61 Å². The summed E-state index contributed by atoms with van der Waals surface area (Å²) in [7, 11) is 0. The second-order valence-corrected chi connectivity index (χ2v) is 7.36. The van der Waals surface area contributed by atoms with E-state index >= 15 is 0 Å². The molecule has 0 saturated heterocycles. The predicted molar refractivity (Wildman–Crippen MR) is 127 cm³/mol. The number of allylic oxidation sites excluding steroid dienone is 1. The number of nitro benzene ring substituents is 2. The maximum absolute atomic E-state index is 11.1. The van der Waals surface area contributed by atoms with Crippen LogP contribution in [0.4, 0.5) is 11.4 Å². The van der Waals surface area contributed by atoms with Crippen LogP contribution in [0.5, 0.6) is 11.5 Å². The average molecular weight is 480 g/mol. The van der Waals surface area contributed by atoms with Gasteiger partial charge < -0.3 is 9.47 Å². The van der Waals surface area contributed by atoms with E-state index in [1.54, 1.807) is 43.3 Å². The second kappa shape index (κ2) is 10.9. The van der Waals surface area contributed by atoms with Crippen molar-refractivity contribution in [2.45, 2.75) is 13.5 Å². The summed E-state index contributed by atoms with van der Waals surface area (Å²) in [5, 5.41) is 31.7. The van der Waals surface area contributed by atoms with Gasteiger partial charge in [0.2, 0.25) is 0 Å². The summed E-state index contributed by atoms with van der Waals surface area (Å²) in [6.07, 6.45) is 1.55. The summed E-state index contributed by atoms with van der Waals surface area (Å²) in [6, 6.07) is 17.0. The van der Waals surface area contributed by atoms with E-state index in [4.69, 9.17) is 21.1 Å². The third kappa shape index (κ3) is 5.88. The van der Waals surface area contributed by atoms with Crippen LogP contribution in [0.15, 0.2) is 60.7 Å². The van der Waals surface area contributed by atoms with Gasteiger partial charge in [0.15, 0.2) is 11.5 Å². The number of hydrogen-bond acceptors (Lipinski definition) is 7. The molecule has 0 bridgehead atoms. The molecule has 10 heteroatoms. The van der Waals surface area contributed by atoms with E-state index in [9.17, 15) is 25.5 Å². The van der Waals surface area contributed by atoms with Gasteiger partial charge in [0, 0.05) is 24.3 Å². The Hall–Kier alpha value is -4.42. The van der Waals surface area contributed by atoms with Gasteiger partial charge in [-0.2, -0.15) is 5.26 Å². The molecule has 0 aliphatic heterocycles. The Morgan fingerprint density at radius 3 is 2.35 bits per heavy atom. The molecule has 0 fully saturated rings. The van der Waals surface area contributed by atoms with Crippen LogP contribution < -0.4 is 9.47 Å². The first-order chi connectivity index (χ1) is 16.3. The van der Waals surface area contributed by atoms with Crippen molar-refractivity contribution in [3.63, 3.8) is 0 Å². The molecule has 0 amide bonds. The van der Waals surface area contributed by atoms with Crippen molar-refractivity contribution >= 4 is 34.6 Å². The lowest BCUT2D eigenvalue weighted by Crippen LogP contribution is -2.01. The maximum atomic E-state index is 11.1. The summed E-state index contributed by atoms with van der Waals surface area (Å²) in [6.45, 7) is 2.22. The van der Waals surface area contributed by atoms with Gasteiger partial charge in [0.1, 0.15) is 6.61 Å². The maximum Gasteiger partial charge on any atom is 0.270 e. The zero-order valence-electron chi connectivity index (χ0n) is 17.9. The number of benzene rings is 3.